The van der Waals surface area contributed by atoms with Crippen molar-refractivity contribution >= 4 is 29.2 Å². The molecule has 1 spiro atoms. The molecule has 154 valence electrons. The van der Waals surface area contributed by atoms with Gasteiger partial charge in [-0.3, -0.25) is 4.79 Å². The lowest BCUT2D eigenvalue weighted by atomic mass is 9.73. The summed E-state index contributed by atoms with van der Waals surface area (Å²) in [4.78, 5) is 29.5. The average Bonchev–Trinajstić information content (AvgIpc) is 3.41. The number of hydrogen-bond acceptors (Lipinski definition) is 6. The standard InChI is InChI=1S/C20H24ClN5O3/c1-29-19(28)13-5-4-6-14(21)16(13)23-18(27)17-20(7-2-3-8-20)11-15(24-25-17)26-10-9-22-12-26/h4-6,9-10,12,15,17,24-25H,2-3,7-8,11H2,1H3,(H,23,27). The fourth-order valence-corrected chi connectivity index (χ4v) is 4.78. The van der Waals surface area contributed by atoms with E-state index in [1.54, 1.807) is 30.7 Å². The predicted octanol–water partition coefficient (Wildman–Crippen LogP) is 2.89. The zero-order valence-electron chi connectivity index (χ0n) is 16.2. The lowest BCUT2D eigenvalue weighted by Crippen LogP contribution is -2.62. The third kappa shape index (κ3) is 3.75. The molecule has 1 aliphatic heterocycles. The van der Waals surface area contributed by atoms with Gasteiger partial charge in [-0.25, -0.2) is 20.6 Å². The van der Waals surface area contributed by atoms with E-state index in [-0.39, 0.29) is 28.7 Å². The van der Waals surface area contributed by atoms with Crippen LogP contribution in [0, 0.1) is 5.41 Å². The van der Waals surface area contributed by atoms with Crippen molar-refractivity contribution in [1.29, 1.82) is 0 Å². The number of aromatic nitrogens is 2. The van der Waals surface area contributed by atoms with Crippen molar-refractivity contribution in [3.8, 4) is 0 Å². The smallest absolute Gasteiger partial charge is 0.340 e. The minimum absolute atomic E-state index is 0.0191. The lowest BCUT2D eigenvalue weighted by molar-refractivity contribution is -0.124. The summed E-state index contributed by atoms with van der Waals surface area (Å²) >= 11 is 6.29. The number of nitrogens with one attached hydrogen (secondary N) is 3. The van der Waals surface area contributed by atoms with Gasteiger partial charge in [-0.05, 0) is 36.8 Å². The third-order valence-electron chi connectivity index (χ3n) is 6.02. The first-order chi connectivity index (χ1) is 14.0. The van der Waals surface area contributed by atoms with Gasteiger partial charge in [-0.15, -0.1) is 0 Å². The maximum atomic E-state index is 13.3. The van der Waals surface area contributed by atoms with Crippen molar-refractivity contribution in [2.45, 2.75) is 44.3 Å². The van der Waals surface area contributed by atoms with E-state index >= 15 is 0 Å². The third-order valence-corrected chi connectivity index (χ3v) is 6.33. The van der Waals surface area contributed by atoms with Crippen LogP contribution in [0.4, 0.5) is 5.69 Å². The number of nitrogens with zero attached hydrogens (tertiary/aromatic N) is 2. The molecule has 1 aromatic carbocycles. The number of ether oxygens (including phenoxy) is 1. The number of amides is 1. The minimum atomic E-state index is -0.548. The van der Waals surface area contributed by atoms with Crippen molar-refractivity contribution < 1.29 is 14.3 Å². The van der Waals surface area contributed by atoms with Crippen LogP contribution in [-0.4, -0.2) is 34.6 Å². The van der Waals surface area contributed by atoms with Gasteiger partial charge >= 0.3 is 5.97 Å². The number of halogens is 1. The van der Waals surface area contributed by atoms with Gasteiger partial charge in [0.2, 0.25) is 5.91 Å². The van der Waals surface area contributed by atoms with E-state index in [1.807, 2.05) is 10.8 Å². The summed E-state index contributed by atoms with van der Waals surface area (Å²) in [5.41, 5.74) is 6.79. The molecule has 2 heterocycles. The highest BCUT2D eigenvalue weighted by Crippen LogP contribution is 2.48. The maximum Gasteiger partial charge on any atom is 0.340 e. The van der Waals surface area contributed by atoms with Gasteiger partial charge in [0.05, 0.1) is 35.9 Å². The Labute approximate surface area is 173 Å². The van der Waals surface area contributed by atoms with Crippen LogP contribution in [0.25, 0.3) is 0 Å². The van der Waals surface area contributed by atoms with Crippen LogP contribution in [0.2, 0.25) is 5.02 Å². The van der Waals surface area contributed by atoms with Crippen LogP contribution in [0.5, 0.6) is 0 Å². The molecule has 3 N–H and O–H groups in total. The van der Waals surface area contributed by atoms with Crippen LogP contribution in [0.1, 0.15) is 48.6 Å². The molecular formula is C20H24ClN5O3. The topological polar surface area (TPSA) is 97.3 Å². The number of anilines is 1. The first-order valence-electron chi connectivity index (χ1n) is 9.70. The molecule has 0 radical (unpaired) electrons. The highest BCUT2D eigenvalue weighted by molar-refractivity contribution is 6.34. The van der Waals surface area contributed by atoms with Crippen molar-refractivity contribution in [2.75, 3.05) is 12.4 Å². The number of rotatable bonds is 4. The van der Waals surface area contributed by atoms with Gasteiger partial charge in [-0.1, -0.05) is 30.5 Å². The summed E-state index contributed by atoms with van der Waals surface area (Å²) in [6.07, 6.45) is 10.3. The SMILES string of the molecule is COC(=O)c1cccc(Cl)c1NC(=O)C1NNC(n2ccnc2)CC12CCCC2. The summed E-state index contributed by atoms with van der Waals surface area (Å²) < 4.78 is 6.83. The fraction of sp³-hybridized carbons (Fsp3) is 0.450. The molecule has 9 heteroatoms. The molecule has 2 atom stereocenters. The molecular weight excluding hydrogens is 394 g/mol. The van der Waals surface area contributed by atoms with Crippen molar-refractivity contribution in [3.63, 3.8) is 0 Å². The summed E-state index contributed by atoms with van der Waals surface area (Å²) in [6.45, 7) is 0. The van der Waals surface area contributed by atoms with Crippen molar-refractivity contribution in [1.82, 2.24) is 20.4 Å². The molecule has 2 aromatic rings. The number of esters is 1. The second-order valence-electron chi connectivity index (χ2n) is 7.66. The van der Waals surface area contributed by atoms with Gasteiger partial charge < -0.3 is 14.6 Å². The van der Waals surface area contributed by atoms with E-state index in [4.69, 9.17) is 16.3 Å². The lowest BCUT2D eigenvalue weighted by Gasteiger charge is -2.45. The molecule has 1 saturated heterocycles. The highest BCUT2D eigenvalue weighted by Gasteiger charge is 2.49. The Morgan fingerprint density at radius 2 is 2.10 bits per heavy atom. The van der Waals surface area contributed by atoms with E-state index in [2.05, 4.69) is 21.2 Å². The van der Waals surface area contributed by atoms with Gasteiger partial charge in [0, 0.05) is 12.4 Å². The minimum Gasteiger partial charge on any atom is -0.465 e. The number of carbonyl (C=O) groups is 2. The molecule has 4 rings (SSSR count). The molecule has 0 bridgehead atoms. The second-order valence-corrected chi connectivity index (χ2v) is 8.07. The average molecular weight is 418 g/mol. The number of imidazole rings is 1. The number of hydrazine groups is 1. The van der Waals surface area contributed by atoms with E-state index in [0.29, 0.717) is 5.02 Å². The molecule has 2 unspecified atom stereocenters. The number of benzene rings is 1. The Morgan fingerprint density at radius 1 is 1.31 bits per heavy atom. The molecule has 2 fully saturated rings. The highest BCUT2D eigenvalue weighted by atomic mass is 35.5. The first-order valence-corrected chi connectivity index (χ1v) is 10.1. The van der Waals surface area contributed by atoms with Gasteiger partial charge in [0.1, 0.15) is 6.04 Å². The number of para-hydroxylation sites is 1. The predicted molar refractivity (Wildman–Crippen MR) is 108 cm³/mol. The quantitative estimate of drug-likeness (QED) is 0.662. The molecule has 1 aromatic heterocycles. The normalized spacial score (nSPS) is 23.1. The molecule has 8 nitrogen and oxygen atoms in total. The maximum absolute atomic E-state index is 13.3. The van der Waals surface area contributed by atoms with Crippen LogP contribution in [-0.2, 0) is 9.53 Å². The summed E-state index contributed by atoms with van der Waals surface area (Å²) in [7, 11) is 1.30. The second kappa shape index (κ2) is 8.14. The summed E-state index contributed by atoms with van der Waals surface area (Å²) in [6, 6.07) is 4.42. The van der Waals surface area contributed by atoms with Crippen LogP contribution < -0.4 is 16.2 Å². The molecule has 1 saturated carbocycles. The van der Waals surface area contributed by atoms with E-state index in [1.165, 1.54) is 7.11 Å². The molecule has 2 aliphatic rings. The van der Waals surface area contributed by atoms with Gasteiger partial charge in [0.25, 0.3) is 0 Å². The van der Waals surface area contributed by atoms with Gasteiger partial charge in [0.15, 0.2) is 0 Å². The van der Waals surface area contributed by atoms with E-state index in [0.717, 1.165) is 32.1 Å². The monoisotopic (exact) mass is 417 g/mol. The Balaban J connectivity index is 1.58. The van der Waals surface area contributed by atoms with Crippen molar-refractivity contribution in [3.05, 3.63) is 47.5 Å². The van der Waals surface area contributed by atoms with Crippen LogP contribution in [0.15, 0.2) is 36.9 Å². The number of hydrogen-bond donors (Lipinski definition) is 3. The Kier molecular flexibility index (Phi) is 5.58. The van der Waals surface area contributed by atoms with Crippen molar-refractivity contribution in [2.24, 2.45) is 5.41 Å². The summed E-state index contributed by atoms with van der Waals surface area (Å²) in [5.74, 6) is -0.769. The van der Waals surface area contributed by atoms with E-state index in [9.17, 15) is 9.59 Å². The fourth-order valence-electron chi connectivity index (χ4n) is 4.56. The largest absolute Gasteiger partial charge is 0.465 e. The van der Waals surface area contributed by atoms with Gasteiger partial charge in [-0.2, -0.15) is 0 Å². The Bertz CT molecular complexity index is 896. The number of carbonyl (C=O) groups excluding carboxylic acids is 2. The van der Waals surface area contributed by atoms with Crippen LogP contribution in [0.3, 0.4) is 0 Å². The Morgan fingerprint density at radius 3 is 2.79 bits per heavy atom. The molecule has 1 aliphatic carbocycles. The first kappa shape index (κ1) is 19.9. The van der Waals surface area contributed by atoms with Crippen LogP contribution >= 0.6 is 11.6 Å². The zero-order valence-corrected chi connectivity index (χ0v) is 16.9. The number of methoxy groups -OCH3 is 1. The summed E-state index contributed by atoms with van der Waals surface area (Å²) in [5, 5.41) is 3.16. The zero-order chi connectivity index (χ0) is 20.4. The Hall–Kier alpha value is -2.42. The molecule has 1 amide bonds. The van der Waals surface area contributed by atoms with E-state index < -0.39 is 12.0 Å². The molecule has 29 heavy (non-hydrogen) atoms.